The van der Waals surface area contributed by atoms with Gasteiger partial charge in [-0.2, -0.15) is 0 Å². The maximum absolute atomic E-state index is 13.3. The summed E-state index contributed by atoms with van der Waals surface area (Å²) >= 11 is 0. The second-order valence-electron chi connectivity index (χ2n) is 6.90. The Morgan fingerprint density at radius 2 is 1.38 bits per heavy atom. The topological polar surface area (TPSA) is 81.7 Å². The van der Waals surface area contributed by atoms with Crippen LogP contribution in [0.15, 0.2) is 54.6 Å². The van der Waals surface area contributed by atoms with Gasteiger partial charge in [-0.05, 0) is 34.0 Å². The van der Waals surface area contributed by atoms with Gasteiger partial charge in [-0.25, -0.2) is 4.79 Å². The Labute approximate surface area is 168 Å². The van der Waals surface area contributed by atoms with Gasteiger partial charge < -0.3 is 14.8 Å². The summed E-state index contributed by atoms with van der Waals surface area (Å²) in [5.74, 6) is -2.04. The lowest BCUT2D eigenvalue weighted by atomic mass is 9.95. The summed E-state index contributed by atoms with van der Waals surface area (Å²) in [4.78, 5) is 37.3. The summed E-state index contributed by atoms with van der Waals surface area (Å²) in [6.45, 7) is 1.64. The van der Waals surface area contributed by atoms with Crippen LogP contribution in [0.2, 0.25) is 0 Å². The van der Waals surface area contributed by atoms with Gasteiger partial charge in [-0.3, -0.25) is 9.59 Å². The maximum Gasteiger partial charge on any atom is 0.328 e. The van der Waals surface area contributed by atoms with Crippen molar-refractivity contribution in [3.05, 3.63) is 60.2 Å². The molecule has 1 amide bonds. The van der Waals surface area contributed by atoms with Crippen molar-refractivity contribution < 1.29 is 23.9 Å². The third-order valence-corrected chi connectivity index (χ3v) is 4.98. The second kappa shape index (κ2) is 8.73. The number of rotatable bonds is 6. The van der Waals surface area contributed by atoms with E-state index in [-0.39, 0.29) is 6.42 Å². The molecule has 0 saturated carbocycles. The first-order chi connectivity index (χ1) is 14.0. The van der Waals surface area contributed by atoms with Gasteiger partial charge in [0.05, 0.1) is 25.7 Å². The van der Waals surface area contributed by atoms with Crippen LogP contribution in [0.4, 0.5) is 0 Å². The third-order valence-electron chi connectivity index (χ3n) is 4.98. The molecule has 0 aliphatic rings. The molecule has 3 aromatic carbocycles. The van der Waals surface area contributed by atoms with Gasteiger partial charge in [0.15, 0.2) is 0 Å². The molecule has 0 fully saturated rings. The standard InChI is InChI=1S/C23H23NO5/c1-14(22(26)28-2)12-19(23(27)29-3)24-21(25)20-17-10-6-4-8-15(17)13-16-9-5-7-11-18(16)20/h4-11,13-14,19H,12H2,1-3H3,(H,24,25)/t14-,19+/m1/s1. The van der Waals surface area contributed by atoms with E-state index in [1.54, 1.807) is 6.92 Å². The molecule has 29 heavy (non-hydrogen) atoms. The Hall–Kier alpha value is -3.41. The normalized spacial score (nSPS) is 12.9. The average Bonchev–Trinajstić information content (AvgIpc) is 2.75. The van der Waals surface area contributed by atoms with Gasteiger partial charge in [0, 0.05) is 0 Å². The molecular formula is C23H23NO5. The van der Waals surface area contributed by atoms with Crippen LogP contribution in [0.25, 0.3) is 21.5 Å². The summed E-state index contributed by atoms with van der Waals surface area (Å²) < 4.78 is 9.56. The number of amides is 1. The molecule has 6 nitrogen and oxygen atoms in total. The Morgan fingerprint density at radius 3 is 1.90 bits per heavy atom. The van der Waals surface area contributed by atoms with E-state index >= 15 is 0 Å². The molecule has 0 aliphatic carbocycles. The fourth-order valence-electron chi connectivity index (χ4n) is 3.50. The molecule has 0 aromatic heterocycles. The average molecular weight is 393 g/mol. The minimum atomic E-state index is -0.973. The van der Waals surface area contributed by atoms with Crippen molar-refractivity contribution >= 4 is 39.4 Å². The first-order valence-corrected chi connectivity index (χ1v) is 9.33. The second-order valence-corrected chi connectivity index (χ2v) is 6.90. The van der Waals surface area contributed by atoms with Crippen molar-refractivity contribution in [1.82, 2.24) is 5.32 Å². The van der Waals surface area contributed by atoms with Crippen LogP contribution in [0.3, 0.4) is 0 Å². The summed E-state index contributed by atoms with van der Waals surface area (Å²) in [7, 11) is 2.53. The smallest absolute Gasteiger partial charge is 0.328 e. The Balaban J connectivity index is 2.02. The first kappa shape index (κ1) is 20.3. The summed E-state index contributed by atoms with van der Waals surface area (Å²) in [6.07, 6.45) is 0.0772. The molecular weight excluding hydrogens is 370 g/mol. The van der Waals surface area contributed by atoms with Gasteiger partial charge in [0.25, 0.3) is 5.91 Å². The van der Waals surface area contributed by atoms with Crippen LogP contribution in [0.1, 0.15) is 23.7 Å². The highest BCUT2D eigenvalue weighted by Crippen LogP contribution is 2.28. The van der Waals surface area contributed by atoms with Crippen molar-refractivity contribution in [3.8, 4) is 0 Å². The van der Waals surface area contributed by atoms with Gasteiger partial charge in [-0.1, -0.05) is 55.5 Å². The Bertz CT molecular complexity index is 1020. The highest BCUT2D eigenvalue weighted by molar-refractivity contribution is 6.18. The largest absolute Gasteiger partial charge is 0.469 e. The number of esters is 2. The number of benzene rings is 3. The van der Waals surface area contributed by atoms with Crippen LogP contribution in [-0.4, -0.2) is 38.1 Å². The highest BCUT2D eigenvalue weighted by atomic mass is 16.5. The molecule has 0 bridgehead atoms. The van der Waals surface area contributed by atoms with Crippen molar-refractivity contribution in [2.45, 2.75) is 19.4 Å². The first-order valence-electron chi connectivity index (χ1n) is 9.33. The van der Waals surface area contributed by atoms with E-state index in [9.17, 15) is 14.4 Å². The molecule has 0 saturated heterocycles. The van der Waals surface area contributed by atoms with Crippen molar-refractivity contribution in [3.63, 3.8) is 0 Å². The van der Waals surface area contributed by atoms with Gasteiger partial charge in [0.2, 0.25) is 0 Å². The van der Waals surface area contributed by atoms with Crippen LogP contribution in [-0.2, 0) is 19.1 Å². The van der Waals surface area contributed by atoms with E-state index in [0.29, 0.717) is 5.56 Å². The number of fused-ring (bicyclic) bond motifs is 2. The van der Waals surface area contributed by atoms with E-state index < -0.39 is 29.8 Å². The van der Waals surface area contributed by atoms with Gasteiger partial charge in [-0.15, -0.1) is 0 Å². The lowest BCUT2D eigenvalue weighted by Gasteiger charge is -2.20. The minimum absolute atomic E-state index is 0.0772. The molecule has 0 heterocycles. The molecule has 0 unspecified atom stereocenters. The molecule has 0 aliphatic heterocycles. The lowest BCUT2D eigenvalue weighted by Crippen LogP contribution is -2.43. The van der Waals surface area contributed by atoms with E-state index in [4.69, 9.17) is 9.47 Å². The molecule has 1 N–H and O–H groups in total. The van der Waals surface area contributed by atoms with Gasteiger partial charge >= 0.3 is 11.9 Å². The SMILES string of the molecule is COC(=O)[C@H](C)C[C@H](NC(=O)c1c2ccccc2cc2ccccc12)C(=O)OC. The molecule has 3 rings (SSSR count). The summed E-state index contributed by atoms with van der Waals surface area (Å²) in [6, 6.07) is 16.2. The van der Waals surface area contributed by atoms with Crippen molar-refractivity contribution in [2.24, 2.45) is 5.92 Å². The maximum atomic E-state index is 13.3. The predicted molar refractivity (Wildman–Crippen MR) is 111 cm³/mol. The van der Waals surface area contributed by atoms with E-state index in [0.717, 1.165) is 21.5 Å². The number of ether oxygens (including phenoxy) is 2. The van der Waals surface area contributed by atoms with Crippen LogP contribution in [0, 0.1) is 5.92 Å². The van der Waals surface area contributed by atoms with Gasteiger partial charge in [0.1, 0.15) is 6.04 Å². The number of nitrogens with one attached hydrogen (secondary N) is 1. The number of carbonyl (C=O) groups is 3. The van der Waals surface area contributed by atoms with Crippen molar-refractivity contribution in [2.75, 3.05) is 14.2 Å². The minimum Gasteiger partial charge on any atom is -0.469 e. The molecule has 6 heteroatoms. The fourth-order valence-corrected chi connectivity index (χ4v) is 3.50. The third kappa shape index (κ3) is 4.21. The van der Waals surface area contributed by atoms with Crippen molar-refractivity contribution in [1.29, 1.82) is 0 Å². The lowest BCUT2D eigenvalue weighted by molar-refractivity contribution is -0.147. The number of hydrogen-bond donors (Lipinski definition) is 1. The summed E-state index contributed by atoms with van der Waals surface area (Å²) in [5, 5.41) is 6.18. The molecule has 150 valence electrons. The van der Waals surface area contributed by atoms with Crippen LogP contribution < -0.4 is 5.32 Å². The number of hydrogen-bond acceptors (Lipinski definition) is 5. The van der Waals surface area contributed by atoms with Crippen LogP contribution >= 0.6 is 0 Å². The predicted octanol–water partition coefficient (Wildman–Crippen LogP) is 3.46. The zero-order chi connectivity index (χ0) is 21.0. The Kier molecular flexibility index (Phi) is 6.12. The molecule has 0 spiro atoms. The van der Waals surface area contributed by atoms with E-state index in [1.165, 1.54) is 14.2 Å². The molecule has 3 aromatic rings. The Morgan fingerprint density at radius 1 is 0.862 bits per heavy atom. The number of carbonyl (C=O) groups excluding carboxylic acids is 3. The quantitative estimate of drug-likeness (QED) is 0.512. The zero-order valence-corrected chi connectivity index (χ0v) is 16.6. The monoisotopic (exact) mass is 393 g/mol. The molecule has 0 radical (unpaired) electrons. The highest BCUT2D eigenvalue weighted by Gasteiger charge is 2.28. The molecule has 2 atom stereocenters. The van der Waals surface area contributed by atoms with E-state index in [2.05, 4.69) is 5.32 Å². The number of methoxy groups -OCH3 is 2. The fraction of sp³-hybridized carbons (Fsp3) is 0.261. The van der Waals surface area contributed by atoms with E-state index in [1.807, 2.05) is 54.6 Å². The zero-order valence-electron chi connectivity index (χ0n) is 16.6. The summed E-state index contributed by atoms with van der Waals surface area (Å²) in [5.41, 5.74) is 0.485. The van der Waals surface area contributed by atoms with Crippen LogP contribution in [0.5, 0.6) is 0 Å².